The molecule has 4 atom stereocenters. The summed E-state index contributed by atoms with van der Waals surface area (Å²) in [7, 11) is 0. The van der Waals surface area contributed by atoms with E-state index < -0.39 is 28.3 Å². The first kappa shape index (κ1) is 20.4. The molecule has 0 radical (unpaired) electrons. The number of hydrogen-bond acceptors (Lipinski definition) is 7. The molecule has 0 spiro atoms. The first-order valence-electron chi connectivity index (χ1n) is 9.04. The minimum absolute atomic E-state index is 0.0661. The highest BCUT2D eigenvalue weighted by Gasteiger charge is 2.52. The molecule has 2 rings (SSSR count). The molecule has 9 nitrogen and oxygen atoms in total. The van der Waals surface area contributed by atoms with Crippen LogP contribution in [0.3, 0.4) is 0 Å². The summed E-state index contributed by atoms with van der Waals surface area (Å²) in [4.78, 5) is 30.8. The summed E-state index contributed by atoms with van der Waals surface area (Å²) in [5.74, 6) is 0. The molecule has 1 fully saturated rings. The Morgan fingerprint density at radius 3 is 2.46 bits per heavy atom. The van der Waals surface area contributed by atoms with Crippen LogP contribution in [0, 0.1) is 36.5 Å². The molecule has 4 unspecified atom stereocenters. The molecule has 0 amide bonds. The van der Waals surface area contributed by atoms with Gasteiger partial charge in [-0.3, -0.25) is 0 Å². The minimum atomic E-state index is -1.04. The smallest absolute Gasteiger partial charge is 0.294 e. The molecule has 0 aliphatic heterocycles. The van der Waals surface area contributed by atoms with Gasteiger partial charge >= 0.3 is 0 Å². The van der Waals surface area contributed by atoms with Crippen LogP contribution >= 0.6 is 0 Å². The monoisotopic (exact) mass is 371 g/mol. The fourth-order valence-corrected chi connectivity index (χ4v) is 5.28. The molecule has 0 saturated heterocycles. The molecule has 148 valence electrons. The van der Waals surface area contributed by atoms with E-state index in [-0.39, 0.29) is 10.8 Å². The quantitative estimate of drug-likeness (QED) is 0.374. The molecular formula is C17H29N3O6. The summed E-state index contributed by atoms with van der Waals surface area (Å²) >= 11 is 0. The Morgan fingerprint density at radius 1 is 1.23 bits per heavy atom. The van der Waals surface area contributed by atoms with Gasteiger partial charge in [-0.2, -0.15) is 0 Å². The zero-order chi connectivity index (χ0) is 19.6. The SMILES string of the molecule is CCC1(C)CC2=CC(C)(C(CO[N+](=O)[O-])O[N+](=O)[O-])CC(CCN)(C2)C1. The van der Waals surface area contributed by atoms with Crippen molar-refractivity contribution in [1.29, 1.82) is 0 Å². The van der Waals surface area contributed by atoms with Crippen LogP contribution < -0.4 is 5.73 Å². The van der Waals surface area contributed by atoms with Crippen LogP contribution in [0.2, 0.25) is 0 Å². The number of rotatable bonds is 9. The number of hydrogen-bond donors (Lipinski definition) is 1. The van der Waals surface area contributed by atoms with Crippen LogP contribution in [0.4, 0.5) is 0 Å². The molecule has 2 aliphatic rings. The van der Waals surface area contributed by atoms with Crippen molar-refractivity contribution in [2.45, 2.75) is 65.4 Å². The normalized spacial score (nSPS) is 34.5. The van der Waals surface area contributed by atoms with Crippen LogP contribution in [0.1, 0.15) is 59.3 Å². The Bertz CT molecular complexity index is 597. The highest BCUT2D eigenvalue weighted by Crippen LogP contribution is 2.60. The van der Waals surface area contributed by atoms with Gasteiger partial charge in [-0.05, 0) is 49.5 Å². The maximum atomic E-state index is 11.0. The Morgan fingerprint density at radius 2 is 1.92 bits per heavy atom. The topological polar surface area (TPSA) is 131 Å². The second-order valence-electron chi connectivity index (χ2n) is 8.56. The standard InChI is InChI=1S/C17H29N3O6/c1-4-15(2)7-13-8-16(3,12-17(9-13,11-15)5-6-18)14(26-20(23)24)10-25-19(21)22/h8,14H,4-7,9-12,18H2,1-3H3. The van der Waals surface area contributed by atoms with E-state index in [0.29, 0.717) is 13.0 Å². The van der Waals surface area contributed by atoms with Crippen molar-refractivity contribution in [2.24, 2.45) is 22.0 Å². The van der Waals surface area contributed by atoms with E-state index in [1.54, 1.807) is 0 Å². The molecule has 2 aliphatic carbocycles. The van der Waals surface area contributed by atoms with Gasteiger partial charge in [0.25, 0.3) is 10.2 Å². The van der Waals surface area contributed by atoms with E-state index in [1.165, 1.54) is 5.57 Å². The lowest BCUT2D eigenvalue weighted by molar-refractivity contribution is -0.793. The Labute approximate surface area is 153 Å². The zero-order valence-corrected chi connectivity index (χ0v) is 15.7. The number of fused-ring (bicyclic) bond motifs is 2. The molecule has 2 bridgehead atoms. The van der Waals surface area contributed by atoms with Gasteiger partial charge in [-0.1, -0.05) is 38.8 Å². The van der Waals surface area contributed by atoms with Gasteiger partial charge in [-0.25, -0.2) is 0 Å². The van der Waals surface area contributed by atoms with Crippen molar-refractivity contribution < 1.29 is 19.8 Å². The first-order chi connectivity index (χ1) is 12.1. The summed E-state index contributed by atoms with van der Waals surface area (Å²) in [5.41, 5.74) is 6.52. The molecule has 1 saturated carbocycles. The lowest BCUT2D eigenvalue weighted by Crippen LogP contribution is -2.49. The van der Waals surface area contributed by atoms with E-state index in [0.717, 1.165) is 32.1 Å². The second-order valence-corrected chi connectivity index (χ2v) is 8.56. The highest BCUT2D eigenvalue weighted by molar-refractivity contribution is 5.24. The number of nitrogens with two attached hydrogens (primary N) is 1. The maximum Gasteiger partial charge on any atom is 0.294 e. The fraction of sp³-hybridized carbons (Fsp3) is 0.882. The van der Waals surface area contributed by atoms with E-state index in [1.807, 2.05) is 13.0 Å². The van der Waals surface area contributed by atoms with Gasteiger partial charge in [-0.15, -0.1) is 20.2 Å². The third kappa shape index (κ3) is 4.44. The summed E-state index contributed by atoms with van der Waals surface area (Å²) in [5, 5.41) is 19.7. The fourth-order valence-electron chi connectivity index (χ4n) is 5.28. The van der Waals surface area contributed by atoms with E-state index in [9.17, 15) is 20.2 Å². The Balaban J connectivity index is 2.38. The average molecular weight is 371 g/mol. The molecule has 2 N–H and O–H groups in total. The number of nitrogens with zero attached hydrogens (tertiary/aromatic N) is 2. The lowest BCUT2D eigenvalue weighted by atomic mass is 9.51. The molecule has 0 aromatic rings. The van der Waals surface area contributed by atoms with Crippen molar-refractivity contribution in [2.75, 3.05) is 13.2 Å². The third-order valence-electron chi connectivity index (χ3n) is 6.16. The first-order valence-corrected chi connectivity index (χ1v) is 9.04. The van der Waals surface area contributed by atoms with Gasteiger partial charge < -0.3 is 15.4 Å². The largest absolute Gasteiger partial charge is 0.330 e. The van der Waals surface area contributed by atoms with E-state index in [2.05, 4.69) is 18.7 Å². The van der Waals surface area contributed by atoms with Crippen LogP contribution in [-0.2, 0) is 9.68 Å². The molecule has 26 heavy (non-hydrogen) atoms. The molecule has 9 heteroatoms. The van der Waals surface area contributed by atoms with Crippen molar-refractivity contribution >= 4 is 0 Å². The van der Waals surface area contributed by atoms with Gasteiger partial charge in [0, 0.05) is 5.41 Å². The predicted molar refractivity (Wildman–Crippen MR) is 94.0 cm³/mol. The van der Waals surface area contributed by atoms with Gasteiger partial charge in [0.15, 0.2) is 0 Å². The average Bonchev–Trinajstić information content (AvgIpc) is 2.49. The molecule has 0 heterocycles. The van der Waals surface area contributed by atoms with Crippen molar-refractivity contribution in [1.82, 2.24) is 0 Å². The Hall–Kier alpha value is -1.90. The van der Waals surface area contributed by atoms with Crippen LogP contribution in [-0.4, -0.2) is 29.4 Å². The van der Waals surface area contributed by atoms with E-state index in [4.69, 9.17) is 10.6 Å². The second kappa shape index (κ2) is 7.38. The van der Waals surface area contributed by atoms with Crippen LogP contribution in [0.5, 0.6) is 0 Å². The third-order valence-corrected chi connectivity index (χ3v) is 6.16. The van der Waals surface area contributed by atoms with Crippen LogP contribution in [0.25, 0.3) is 0 Å². The van der Waals surface area contributed by atoms with Gasteiger partial charge in [0.1, 0.15) is 12.7 Å². The summed E-state index contributed by atoms with van der Waals surface area (Å²) < 4.78 is 0. The molecule has 0 aromatic heterocycles. The van der Waals surface area contributed by atoms with Crippen molar-refractivity contribution in [3.05, 3.63) is 31.9 Å². The minimum Gasteiger partial charge on any atom is -0.330 e. The predicted octanol–water partition coefficient (Wildman–Crippen LogP) is 3.04. The Kier molecular flexibility index (Phi) is 5.79. The van der Waals surface area contributed by atoms with Gasteiger partial charge in [0.2, 0.25) is 0 Å². The number of allylic oxidation sites excluding steroid dienone is 1. The van der Waals surface area contributed by atoms with E-state index >= 15 is 0 Å². The zero-order valence-electron chi connectivity index (χ0n) is 15.7. The van der Waals surface area contributed by atoms with Gasteiger partial charge in [0.05, 0.1) is 0 Å². The van der Waals surface area contributed by atoms with Crippen LogP contribution in [0.15, 0.2) is 11.6 Å². The molecule has 0 aromatic carbocycles. The van der Waals surface area contributed by atoms with Crippen molar-refractivity contribution in [3.63, 3.8) is 0 Å². The lowest BCUT2D eigenvalue weighted by Gasteiger charge is -2.55. The highest BCUT2D eigenvalue weighted by atomic mass is 17.0. The summed E-state index contributed by atoms with van der Waals surface area (Å²) in [6, 6.07) is 0. The van der Waals surface area contributed by atoms with Crippen molar-refractivity contribution in [3.8, 4) is 0 Å². The summed E-state index contributed by atoms with van der Waals surface area (Å²) in [6.45, 7) is 6.38. The maximum absolute atomic E-state index is 11.0. The molecular weight excluding hydrogens is 342 g/mol. The summed E-state index contributed by atoms with van der Waals surface area (Å²) in [6.07, 6.45) is 6.33.